The van der Waals surface area contributed by atoms with Gasteiger partial charge in [-0.05, 0) is 25.7 Å². The van der Waals surface area contributed by atoms with Crippen LogP contribution in [0.15, 0.2) is 0 Å². The highest BCUT2D eigenvalue weighted by Crippen LogP contribution is 2.22. The molecule has 0 aromatic heterocycles. The molecule has 0 amide bonds. The fraction of sp³-hybridized carbons (Fsp3) is 0.917. The Morgan fingerprint density at radius 2 is 2.06 bits per heavy atom. The number of hydrogen-bond acceptors (Lipinski definition) is 3. The van der Waals surface area contributed by atoms with Gasteiger partial charge >= 0.3 is 0 Å². The van der Waals surface area contributed by atoms with Gasteiger partial charge in [0.2, 0.25) is 0 Å². The molecule has 0 radical (unpaired) electrons. The highest BCUT2D eigenvalue weighted by molar-refractivity contribution is 7.87. The highest BCUT2D eigenvalue weighted by Gasteiger charge is 2.32. The van der Waals surface area contributed by atoms with Gasteiger partial charge in [-0.2, -0.15) is 12.7 Å². The predicted octanol–water partition coefficient (Wildman–Crippen LogP) is 1.31. The Morgan fingerprint density at radius 3 is 2.61 bits per heavy atom. The zero-order valence-corrected chi connectivity index (χ0v) is 12.3. The molecular formula is C12H24N2O3S. The molecule has 6 heteroatoms. The van der Waals surface area contributed by atoms with Crippen molar-refractivity contribution in [1.82, 2.24) is 9.03 Å². The van der Waals surface area contributed by atoms with Gasteiger partial charge in [0, 0.05) is 25.6 Å². The highest BCUT2D eigenvalue weighted by atomic mass is 32.2. The summed E-state index contributed by atoms with van der Waals surface area (Å²) in [6.07, 6.45) is 2.97. The average molecular weight is 276 g/mol. The van der Waals surface area contributed by atoms with Crippen LogP contribution in [0.4, 0.5) is 0 Å². The van der Waals surface area contributed by atoms with E-state index in [2.05, 4.69) is 4.72 Å². The number of carbonyl (C=O) groups is 1. The molecule has 0 saturated carbocycles. The number of nitrogens with one attached hydrogen (secondary N) is 1. The third kappa shape index (κ3) is 4.66. The lowest BCUT2D eigenvalue weighted by Gasteiger charge is -2.34. The van der Waals surface area contributed by atoms with Crippen LogP contribution in [0, 0.1) is 5.92 Å². The molecule has 1 N–H and O–H groups in total. The summed E-state index contributed by atoms with van der Waals surface area (Å²) < 4.78 is 28.5. The molecule has 0 aliphatic carbocycles. The lowest BCUT2D eigenvalue weighted by Crippen LogP contribution is -2.50. The van der Waals surface area contributed by atoms with E-state index in [0.717, 1.165) is 19.3 Å². The van der Waals surface area contributed by atoms with E-state index in [1.54, 1.807) is 0 Å². The summed E-state index contributed by atoms with van der Waals surface area (Å²) in [5.74, 6) is 0.321. The maximum atomic E-state index is 12.2. The first-order chi connectivity index (χ1) is 8.33. The average Bonchev–Trinajstić information content (AvgIpc) is 2.26. The molecule has 0 bridgehead atoms. The largest absolute Gasteiger partial charge is 0.300 e. The summed E-state index contributed by atoms with van der Waals surface area (Å²) in [6, 6.07) is -0.166. The molecule has 0 aromatic carbocycles. The number of nitrogens with zero attached hydrogens (tertiary/aromatic N) is 1. The fourth-order valence-electron chi connectivity index (χ4n) is 2.18. The van der Waals surface area contributed by atoms with E-state index < -0.39 is 10.2 Å². The van der Waals surface area contributed by atoms with Crippen molar-refractivity contribution in [1.29, 1.82) is 0 Å². The summed E-state index contributed by atoms with van der Waals surface area (Å²) in [6.45, 7) is 6.40. The van der Waals surface area contributed by atoms with Crippen molar-refractivity contribution in [3.63, 3.8) is 0 Å². The molecule has 1 heterocycles. The van der Waals surface area contributed by atoms with Gasteiger partial charge in [0.1, 0.15) is 5.78 Å². The van der Waals surface area contributed by atoms with E-state index in [-0.39, 0.29) is 17.7 Å². The second kappa shape index (κ2) is 6.63. The Kier molecular flexibility index (Phi) is 5.75. The monoisotopic (exact) mass is 276 g/mol. The van der Waals surface area contributed by atoms with E-state index in [1.165, 1.54) is 11.2 Å². The van der Waals surface area contributed by atoms with E-state index in [1.807, 2.05) is 13.8 Å². The lowest BCUT2D eigenvalue weighted by atomic mass is 10.0. The van der Waals surface area contributed by atoms with Crippen LogP contribution < -0.4 is 4.72 Å². The number of piperidine rings is 1. The molecular weight excluding hydrogens is 252 g/mol. The molecule has 1 atom stereocenters. The first-order valence-electron chi connectivity index (χ1n) is 6.59. The van der Waals surface area contributed by atoms with E-state index in [0.29, 0.717) is 19.5 Å². The van der Waals surface area contributed by atoms with Crippen LogP contribution in [-0.4, -0.2) is 37.6 Å². The molecule has 1 saturated heterocycles. The normalized spacial score (nSPS) is 22.3. The zero-order chi connectivity index (χ0) is 13.8. The second-order valence-corrected chi connectivity index (χ2v) is 7.12. The van der Waals surface area contributed by atoms with Crippen molar-refractivity contribution in [3.05, 3.63) is 0 Å². The van der Waals surface area contributed by atoms with Gasteiger partial charge in [-0.25, -0.2) is 4.72 Å². The van der Waals surface area contributed by atoms with Crippen LogP contribution >= 0.6 is 0 Å². The zero-order valence-electron chi connectivity index (χ0n) is 11.5. The Hall–Kier alpha value is -0.460. The quantitative estimate of drug-likeness (QED) is 0.795. The Labute approximate surface area is 110 Å². The van der Waals surface area contributed by atoms with Crippen molar-refractivity contribution >= 4 is 16.0 Å². The van der Waals surface area contributed by atoms with Crippen molar-refractivity contribution in [2.45, 2.75) is 52.5 Å². The first-order valence-corrected chi connectivity index (χ1v) is 8.03. The minimum absolute atomic E-state index is 0.0472. The lowest BCUT2D eigenvalue weighted by molar-refractivity contribution is -0.118. The summed E-state index contributed by atoms with van der Waals surface area (Å²) in [5.41, 5.74) is 0. The molecule has 5 nitrogen and oxygen atoms in total. The van der Waals surface area contributed by atoms with Gasteiger partial charge in [-0.3, -0.25) is 4.79 Å². The summed E-state index contributed by atoms with van der Waals surface area (Å²) in [7, 11) is -3.44. The maximum absolute atomic E-state index is 12.2. The molecule has 0 spiro atoms. The number of carbonyl (C=O) groups excluding carboxylic acids is 1. The molecule has 0 aromatic rings. The summed E-state index contributed by atoms with van der Waals surface area (Å²) in [5, 5.41) is 0. The molecule has 1 aliphatic rings. The topological polar surface area (TPSA) is 66.5 Å². The molecule has 106 valence electrons. The molecule has 18 heavy (non-hydrogen) atoms. The predicted molar refractivity (Wildman–Crippen MR) is 71.4 cm³/mol. The minimum Gasteiger partial charge on any atom is -0.300 e. The van der Waals surface area contributed by atoms with Crippen LogP contribution in [-0.2, 0) is 15.0 Å². The van der Waals surface area contributed by atoms with Gasteiger partial charge in [0.05, 0.1) is 0 Å². The smallest absolute Gasteiger partial charge is 0.279 e. The van der Waals surface area contributed by atoms with Crippen LogP contribution in [0.2, 0.25) is 0 Å². The molecule has 1 unspecified atom stereocenters. The SMILES string of the molecule is CC(=O)CC1CCCCN1S(=O)(=O)NCC(C)C. The number of hydrogen-bond donors (Lipinski definition) is 1. The summed E-state index contributed by atoms with van der Waals surface area (Å²) >= 11 is 0. The standard InChI is InChI=1S/C12H24N2O3S/c1-10(2)9-13-18(16,17)14-7-5-4-6-12(14)8-11(3)15/h10,12-13H,4-9H2,1-3H3. The van der Waals surface area contributed by atoms with Crippen molar-refractivity contribution in [2.75, 3.05) is 13.1 Å². The number of Topliss-reactive ketones (excluding diaryl/α,β-unsaturated/α-hetero) is 1. The fourth-order valence-corrected chi connectivity index (χ4v) is 3.83. The Morgan fingerprint density at radius 1 is 1.39 bits per heavy atom. The Bertz CT molecular complexity index is 379. The van der Waals surface area contributed by atoms with E-state index in [9.17, 15) is 13.2 Å². The van der Waals surface area contributed by atoms with E-state index >= 15 is 0 Å². The Balaban J connectivity index is 2.72. The number of rotatable bonds is 6. The van der Waals surface area contributed by atoms with Crippen molar-refractivity contribution in [3.8, 4) is 0 Å². The third-order valence-electron chi connectivity index (χ3n) is 3.08. The molecule has 1 fully saturated rings. The first kappa shape index (κ1) is 15.6. The van der Waals surface area contributed by atoms with Gasteiger partial charge in [-0.1, -0.05) is 20.3 Å². The van der Waals surface area contributed by atoms with Crippen molar-refractivity contribution in [2.24, 2.45) is 5.92 Å². The van der Waals surface area contributed by atoms with Crippen LogP contribution in [0.1, 0.15) is 46.5 Å². The van der Waals surface area contributed by atoms with Gasteiger partial charge in [0.25, 0.3) is 10.2 Å². The third-order valence-corrected chi connectivity index (χ3v) is 4.71. The molecule has 1 rings (SSSR count). The number of ketones is 1. The van der Waals surface area contributed by atoms with E-state index in [4.69, 9.17) is 0 Å². The van der Waals surface area contributed by atoms with Gasteiger partial charge in [0.15, 0.2) is 0 Å². The van der Waals surface area contributed by atoms with Crippen LogP contribution in [0.3, 0.4) is 0 Å². The van der Waals surface area contributed by atoms with Crippen LogP contribution in [0.5, 0.6) is 0 Å². The van der Waals surface area contributed by atoms with Crippen molar-refractivity contribution < 1.29 is 13.2 Å². The molecule has 1 aliphatic heterocycles. The summed E-state index contributed by atoms with van der Waals surface area (Å²) in [4.78, 5) is 11.2. The second-order valence-electron chi connectivity index (χ2n) is 5.41. The maximum Gasteiger partial charge on any atom is 0.279 e. The van der Waals surface area contributed by atoms with Gasteiger partial charge in [-0.15, -0.1) is 0 Å². The minimum atomic E-state index is -3.44. The van der Waals surface area contributed by atoms with Gasteiger partial charge < -0.3 is 0 Å². The van der Waals surface area contributed by atoms with Crippen LogP contribution in [0.25, 0.3) is 0 Å².